The van der Waals surface area contributed by atoms with Gasteiger partial charge in [-0.15, -0.1) is 0 Å². The summed E-state index contributed by atoms with van der Waals surface area (Å²) in [6.45, 7) is 4.15. The van der Waals surface area contributed by atoms with E-state index in [9.17, 15) is 23.5 Å². The molecule has 34 heavy (non-hydrogen) atoms. The first-order valence-corrected chi connectivity index (χ1v) is 10.8. The number of carbonyl (C=O) groups is 2. The zero-order valence-electron chi connectivity index (χ0n) is 18.7. The molecule has 1 aliphatic rings. The van der Waals surface area contributed by atoms with Crippen molar-refractivity contribution in [2.45, 2.75) is 26.4 Å². The number of likely N-dealkylation sites (tertiary alicyclic amines) is 1. The molecule has 1 fully saturated rings. The van der Waals surface area contributed by atoms with Crippen LogP contribution < -0.4 is 4.74 Å². The molecule has 1 saturated heterocycles. The summed E-state index contributed by atoms with van der Waals surface area (Å²) in [7, 11) is 0. The number of hydrogen-bond acceptors (Lipinski definition) is 4. The van der Waals surface area contributed by atoms with Gasteiger partial charge in [0.1, 0.15) is 23.1 Å². The van der Waals surface area contributed by atoms with Crippen molar-refractivity contribution in [1.82, 2.24) is 4.90 Å². The van der Waals surface area contributed by atoms with Gasteiger partial charge in [-0.1, -0.05) is 24.3 Å². The van der Waals surface area contributed by atoms with Gasteiger partial charge in [0.2, 0.25) is 0 Å². The van der Waals surface area contributed by atoms with Crippen LogP contribution in [-0.2, 0) is 16.1 Å². The number of nitrogens with zero attached hydrogens (tertiary/aromatic N) is 1. The van der Waals surface area contributed by atoms with E-state index < -0.39 is 29.4 Å². The van der Waals surface area contributed by atoms with Crippen LogP contribution in [0.2, 0.25) is 0 Å². The first-order valence-electron chi connectivity index (χ1n) is 10.8. The van der Waals surface area contributed by atoms with Crippen molar-refractivity contribution < 1.29 is 28.2 Å². The molecule has 7 heteroatoms. The van der Waals surface area contributed by atoms with Gasteiger partial charge in [0.25, 0.3) is 11.7 Å². The lowest BCUT2D eigenvalue weighted by atomic mass is 9.94. The molecule has 0 bridgehead atoms. The molecule has 0 aromatic heterocycles. The number of hydrogen-bond donors (Lipinski definition) is 1. The number of amides is 1. The van der Waals surface area contributed by atoms with Crippen molar-refractivity contribution in [2.24, 2.45) is 0 Å². The fourth-order valence-electron chi connectivity index (χ4n) is 4.09. The lowest BCUT2D eigenvalue weighted by molar-refractivity contribution is -0.140. The van der Waals surface area contributed by atoms with Gasteiger partial charge in [-0.05, 0) is 73.0 Å². The quantitative estimate of drug-likeness (QED) is 0.306. The van der Waals surface area contributed by atoms with Crippen molar-refractivity contribution in [2.75, 3.05) is 6.61 Å². The van der Waals surface area contributed by atoms with Crippen molar-refractivity contribution in [3.63, 3.8) is 0 Å². The highest BCUT2D eigenvalue weighted by atomic mass is 19.1. The Kier molecular flexibility index (Phi) is 6.45. The van der Waals surface area contributed by atoms with Crippen LogP contribution in [0.1, 0.15) is 35.2 Å². The number of ketones is 1. The van der Waals surface area contributed by atoms with Gasteiger partial charge in [0.15, 0.2) is 0 Å². The van der Waals surface area contributed by atoms with E-state index in [0.29, 0.717) is 29.0 Å². The van der Waals surface area contributed by atoms with Gasteiger partial charge in [0, 0.05) is 12.1 Å². The lowest BCUT2D eigenvalue weighted by Crippen LogP contribution is -2.29. The maximum Gasteiger partial charge on any atom is 0.295 e. The molecule has 3 aromatic carbocycles. The van der Waals surface area contributed by atoms with Gasteiger partial charge < -0.3 is 14.7 Å². The number of halogens is 2. The van der Waals surface area contributed by atoms with Gasteiger partial charge in [-0.25, -0.2) is 8.78 Å². The zero-order valence-corrected chi connectivity index (χ0v) is 18.7. The number of Topliss-reactive ketones (excluding diaryl/α,β-unsaturated/α-hetero) is 1. The Morgan fingerprint density at radius 3 is 2.18 bits per heavy atom. The molecule has 0 spiro atoms. The van der Waals surface area contributed by atoms with E-state index in [0.717, 1.165) is 5.56 Å². The van der Waals surface area contributed by atoms with Gasteiger partial charge >= 0.3 is 0 Å². The van der Waals surface area contributed by atoms with Crippen LogP contribution in [0, 0.1) is 18.6 Å². The Hall–Kier alpha value is -4.00. The number of rotatable bonds is 6. The molecule has 174 valence electrons. The fourth-order valence-corrected chi connectivity index (χ4v) is 4.09. The Bertz CT molecular complexity index is 1270. The fraction of sp³-hybridized carbons (Fsp3) is 0.185. The van der Waals surface area contributed by atoms with Crippen molar-refractivity contribution in [3.05, 3.63) is 106 Å². The number of ether oxygens (including phenoxy) is 1. The summed E-state index contributed by atoms with van der Waals surface area (Å²) in [6.07, 6.45) is 0. The van der Waals surface area contributed by atoms with E-state index in [1.54, 1.807) is 18.2 Å². The third-order valence-electron chi connectivity index (χ3n) is 5.74. The van der Waals surface area contributed by atoms with E-state index in [2.05, 4.69) is 0 Å². The van der Waals surface area contributed by atoms with Crippen molar-refractivity contribution in [1.29, 1.82) is 0 Å². The summed E-state index contributed by atoms with van der Waals surface area (Å²) in [5.74, 6) is -2.23. The maximum absolute atomic E-state index is 13.6. The number of aliphatic hydroxyl groups excluding tert-OH is 1. The molecule has 1 unspecified atom stereocenters. The van der Waals surface area contributed by atoms with Crippen LogP contribution in [-0.4, -0.2) is 28.3 Å². The van der Waals surface area contributed by atoms with E-state index in [1.807, 2.05) is 13.8 Å². The average molecular weight is 463 g/mol. The van der Waals surface area contributed by atoms with E-state index >= 15 is 0 Å². The Morgan fingerprint density at radius 1 is 0.971 bits per heavy atom. The van der Waals surface area contributed by atoms with Gasteiger partial charge in [-0.3, -0.25) is 9.59 Å². The topological polar surface area (TPSA) is 66.8 Å². The second kappa shape index (κ2) is 9.47. The molecule has 0 saturated carbocycles. The molecule has 3 aromatic rings. The zero-order chi connectivity index (χ0) is 24.4. The standard InChI is InChI=1S/C27H23F2NO4/c1-3-34-22-13-8-19(14-16(22)2)25(31)23-24(18-6-11-21(29)12-7-18)30(27(33)26(23)32)15-17-4-9-20(28)10-5-17/h4-14,24,31H,3,15H2,1-2H3/b25-23-. The van der Waals surface area contributed by atoms with Crippen LogP contribution in [0.4, 0.5) is 8.78 Å². The summed E-state index contributed by atoms with van der Waals surface area (Å²) in [6, 6.07) is 15.0. The third-order valence-corrected chi connectivity index (χ3v) is 5.74. The highest BCUT2D eigenvalue weighted by molar-refractivity contribution is 6.46. The SMILES string of the molecule is CCOc1ccc(/C(O)=C2/C(=O)C(=O)N(Cc3ccc(F)cc3)C2c2ccc(F)cc2)cc1C. The molecule has 1 N–H and O–H groups in total. The molecule has 5 nitrogen and oxygen atoms in total. The summed E-state index contributed by atoms with van der Waals surface area (Å²) < 4.78 is 32.5. The molecule has 4 rings (SSSR count). The molecular weight excluding hydrogens is 440 g/mol. The third kappa shape index (κ3) is 4.41. The van der Waals surface area contributed by atoms with Crippen LogP contribution in [0.25, 0.3) is 5.76 Å². The molecule has 0 aliphatic carbocycles. The first-order chi connectivity index (χ1) is 16.3. The summed E-state index contributed by atoms with van der Waals surface area (Å²) in [5, 5.41) is 11.2. The number of benzene rings is 3. The van der Waals surface area contributed by atoms with E-state index in [1.165, 1.54) is 53.4 Å². The van der Waals surface area contributed by atoms with Crippen LogP contribution >= 0.6 is 0 Å². The molecule has 1 heterocycles. The minimum atomic E-state index is -0.947. The number of carbonyl (C=O) groups excluding carboxylic acids is 2. The lowest BCUT2D eigenvalue weighted by Gasteiger charge is -2.25. The van der Waals surface area contributed by atoms with Crippen molar-refractivity contribution >= 4 is 17.4 Å². The normalized spacial score (nSPS) is 17.3. The predicted octanol–water partition coefficient (Wildman–Crippen LogP) is 5.29. The van der Waals surface area contributed by atoms with Crippen LogP contribution in [0.3, 0.4) is 0 Å². The highest BCUT2D eigenvalue weighted by Gasteiger charge is 2.46. The summed E-state index contributed by atoms with van der Waals surface area (Å²) >= 11 is 0. The number of aryl methyl sites for hydroxylation is 1. The molecule has 1 aliphatic heterocycles. The average Bonchev–Trinajstić information content (AvgIpc) is 3.07. The summed E-state index contributed by atoms with van der Waals surface area (Å²) in [4.78, 5) is 27.5. The van der Waals surface area contributed by atoms with Crippen LogP contribution in [0.15, 0.2) is 72.3 Å². The molecule has 0 radical (unpaired) electrons. The van der Waals surface area contributed by atoms with E-state index in [-0.39, 0.29) is 17.9 Å². The van der Waals surface area contributed by atoms with Crippen molar-refractivity contribution in [3.8, 4) is 5.75 Å². The molecule has 1 atom stereocenters. The Balaban J connectivity index is 1.83. The Labute approximate surface area is 195 Å². The number of aliphatic hydroxyl groups is 1. The first kappa shape index (κ1) is 23.2. The minimum absolute atomic E-state index is 0.00593. The van der Waals surface area contributed by atoms with Gasteiger partial charge in [0.05, 0.1) is 18.2 Å². The molecule has 1 amide bonds. The second-order valence-corrected chi connectivity index (χ2v) is 8.02. The Morgan fingerprint density at radius 2 is 1.59 bits per heavy atom. The smallest absolute Gasteiger partial charge is 0.295 e. The monoisotopic (exact) mass is 463 g/mol. The predicted molar refractivity (Wildman–Crippen MR) is 123 cm³/mol. The van der Waals surface area contributed by atoms with Crippen LogP contribution in [0.5, 0.6) is 5.75 Å². The largest absolute Gasteiger partial charge is 0.507 e. The summed E-state index contributed by atoms with van der Waals surface area (Å²) in [5.41, 5.74) is 2.08. The second-order valence-electron chi connectivity index (χ2n) is 8.02. The van der Waals surface area contributed by atoms with E-state index in [4.69, 9.17) is 4.74 Å². The highest BCUT2D eigenvalue weighted by Crippen LogP contribution is 2.40. The molecular formula is C27H23F2NO4. The van der Waals surface area contributed by atoms with Gasteiger partial charge in [-0.2, -0.15) is 0 Å². The minimum Gasteiger partial charge on any atom is -0.507 e. The maximum atomic E-state index is 13.6.